The smallest absolute Gasteiger partial charge is 0.250 e. The summed E-state index contributed by atoms with van der Waals surface area (Å²) in [7, 11) is -3.49. The molecule has 2 aromatic rings. The van der Waals surface area contributed by atoms with E-state index < -0.39 is 9.84 Å². The highest BCUT2D eigenvalue weighted by molar-refractivity contribution is 7.90. The van der Waals surface area contributed by atoms with Crippen molar-refractivity contribution in [1.29, 1.82) is 0 Å². The summed E-state index contributed by atoms with van der Waals surface area (Å²) < 4.78 is 23.0. The molecule has 0 radical (unpaired) electrons. The van der Waals surface area contributed by atoms with Crippen LogP contribution >= 0.6 is 11.6 Å². The second kappa shape index (κ2) is 5.76. The van der Waals surface area contributed by atoms with Crippen LogP contribution in [-0.4, -0.2) is 24.6 Å². The molecule has 1 aromatic heterocycles. The van der Waals surface area contributed by atoms with E-state index in [9.17, 15) is 8.42 Å². The first kappa shape index (κ1) is 14.7. The van der Waals surface area contributed by atoms with Crippen molar-refractivity contribution >= 4 is 27.3 Å². The zero-order valence-electron chi connectivity index (χ0n) is 11.0. The number of hydrogen-bond acceptors (Lipinski definition) is 5. The lowest BCUT2D eigenvalue weighted by molar-refractivity contribution is 0.593. The molecule has 20 heavy (non-hydrogen) atoms. The van der Waals surface area contributed by atoms with Crippen LogP contribution in [0.1, 0.15) is 18.5 Å². The lowest BCUT2D eigenvalue weighted by Gasteiger charge is -2.15. The maximum Gasteiger partial charge on any atom is 0.250 e. The predicted molar refractivity (Wildman–Crippen MR) is 78.6 cm³/mol. The first-order chi connectivity index (χ1) is 9.36. The summed E-state index contributed by atoms with van der Waals surface area (Å²) >= 11 is 5.83. The highest BCUT2D eigenvalue weighted by Crippen LogP contribution is 2.20. The number of anilines is 1. The average molecular weight is 312 g/mol. The van der Waals surface area contributed by atoms with Gasteiger partial charge in [0.2, 0.25) is 15.0 Å². The third-order valence-corrected chi connectivity index (χ3v) is 3.71. The lowest BCUT2D eigenvalue weighted by Crippen LogP contribution is -2.11. The molecule has 1 atom stereocenters. The Hall–Kier alpha value is -1.66. The minimum absolute atomic E-state index is 0.0328. The van der Waals surface area contributed by atoms with Gasteiger partial charge in [-0.25, -0.2) is 18.4 Å². The number of nitrogens with zero attached hydrogens (tertiary/aromatic N) is 2. The molecule has 0 aliphatic rings. The van der Waals surface area contributed by atoms with E-state index in [0.717, 1.165) is 11.8 Å². The number of benzene rings is 1. The van der Waals surface area contributed by atoms with Crippen LogP contribution in [0, 0.1) is 0 Å². The van der Waals surface area contributed by atoms with Crippen molar-refractivity contribution in [3.63, 3.8) is 0 Å². The zero-order chi connectivity index (χ0) is 14.8. The van der Waals surface area contributed by atoms with Gasteiger partial charge in [-0.1, -0.05) is 41.9 Å². The van der Waals surface area contributed by atoms with Crippen molar-refractivity contribution in [3.05, 3.63) is 47.1 Å². The van der Waals surface area contributed by atoms with Gasteiger partial charge >= 0.3 is 0 Å². The van der Waals surface area contributed by atoms with Gasteiger partial charge in [0.25, 0.3) is 0 Å². The van der Waals surface area contributed by atoms with Crippen molar-refractivity contribution in [2.24, 2.45) is 0 Å². The van der Waals surface area contributed by atoms with Crippen LogP contribution in [0.4, 0.5) is 5.82 Å². The lowest BCUT2D eigenvalue weighted by atomic mass is 10.1. The quantitative estimate of drug-likeness (QED) is 0.694. The van der Waals surface area contributed by atoms with Crippen LogP contribution in [-0.2, 0) is 9.84 Å². The fourth-order valence-corrected chi connectivity index (χ4v) is 2.45. The standard InChI is InChI=1S/C13H14ClN3O2S/c1-9(10-6-4-3-5-7-10)15-12-8-11(14)16-13(17-12)20(2,18)19/h3-9H,1-2H3,(H,15,16,17). The van der Waals surface area contributed by atoms with Crippen molar-refractivity contribution < 1.29 is 8.42 Å². The van der Waals surface area contributed by atoms with E-state index in [0.29, 0.717) is 5.82 Å². The van der Waals surface area contributed by atoms with Gasteiger partial charge in [-0.15, -0.1) is 0 Å². The third kappa shape index (κ3) is 3.68. The molecule has 0 saturated heterocycles. The van der Waals surface area contributed by atoms with Gasteiger partial charge in [0.1, 0.15) is 11.0 Å². The summed E-state index contributed by atoms with van der Waals surface area (Å²) in [6, 6.07) is 11.2. The molecule has 0 aliphatic heterocycles. The van der Waals surface area contributed by atoms with E-state index >= 15 is 0 Å². The summed E-state index contributed by atoms with van der Waals surface area (Å²) in [5.41, 5.74) is 1.06. The molecule has 0 fully saturated rings. The number of rotatable bonds is 4. The van der Waals surface area contributed by atoms with E-state index in [-0.39, 0.29) is 16.4 Å². The van der Waals surface area contributed by atoms with Gasteiger partial charge in [-0.05, 0) is 12.5 Å². The van der Waals surface area contributed by atoms with Gasteiger partial charge in [0.15, 0.2) is 0 Å². The van der Waals surface area contributed by atoms with Crippen LogP contribution in [0.2, 0.25) is 5.15 Å². The molecule has 1 N–H and O–H groups in total. The number of hydrogen-bond donors (Lipinski definition) is 1. The molecule has 0 saturated carbocycles. The van der Waals surface area contributed by atoms with Crippen LogP contribution in [0.5, 0.6) is 0 Å². The molecule has 0 amide bonds. The second-order valence-corrected chi connectivity index (χ2v) is 6.70. The Morgan fingerprint density at radius 2 is 1.85 bits per heavy atom. The van der Waals surface area contributed by atoms with E-state index in [4.69, 9.17) is 11.6 Å². The maximum atomic E-state index is 11.5. The van der Waals surface area contributed by atoms with Crippen LogP contribution in [0.3, 0.4) is 0 Å². The fourth-order valence-electron chi connectivity index (χ4n) is 1.68. The van der Waals surface area contributed by atoms with Crippen molar-refractivity contribution in [2.45, 2.75) is 18.1 Å². The van der Waals surface area contributed by atoms with E-state index in [1.54, 1.807) is 0 Å². The zero-order valence-corrected chi connectivity index (χ0v) is 12.6. The molecule has 1 unspecified atom stereocenters. The Balaban J connectivity index is 2.28. The number of aromatic nitrogens is 2. The first-order valence-corrected chi connectivity index (χ1v) is 8.19. The molecule has 2 rings (SSSR count). The molecular formula is C13H14ClN3O2S. The minimum atomic E-state index is -3.49. The predicted octanol–water partition coefficient (Wildman–Crippen LogP) is 2.71. The molecule has 106 valence electrons. The maximum absolute atomic E-state index is 11.5. The van der Waals surface area contributed by atoms with E-state index in [1.165, 1.54) is 6.07 Å². The molecule has 1 heterocycles. The SMILES string of the molecule is CC(Nc1cc(Cl)nc(S(C)(=O)=O)n1)c1ccccc1. The van der Waals surface area contributed by atoms with E-state index in [1.807, 2.05) is 37.3 Å². The van der Waals surface area contributed by atoms with Gasteiger partial charge in [0.05, 0.1) is 0 Å². The minimum Gasteiger partial charge on any atom is -0.363 e. The molecule has 0 aliphatic carbocycles. The Morgan fingerprint density at radius 3 is 2.45 bits per heavy atom. The molecule has 5 nitrogen and oxygen atoms in total. The topological polar surface area (TPSA) is 72.0 Å². The van der Waals surface area contributed by atoms with Crippen molar-refractivity contribution in [2.75, 3.05) is 11.6 Å². The number of halogens is 1. The largest absolute Gasteiger partial charge is 0.363 e. The normalized spacial score (nSPS) is 12.9. The first-order valence-electron chi connectivity index (χ1n) is 5.92. The fraction of sp³-hybridized carbons (Fsp3) is 0.231. The van der Waals surface area contributed by atoms with Crippen LogP contribution in [0.15, 0.2) is 41.6 Å². The van der Waals surface area contributed by atoms with Crippen molar-refractivity contribution in [1.82, 2.24) is 9.97 Å². The highest BCUT2D eigenvalue weighted by Gasteiger charge is 2.15. The van der Waals surface area contributed by atoms with Crippen LogP contribution < -0.4 is 5.32 Å². The van der Waals surface area contributed by atoms with Gasteiger partial charge < -0.3 is 5.32 Å². The summed E-state index contributed by atoms with van der Waals surface area (Å²) in [6.07, 6.45) is 1.04. The summed E-state index contributed by atoms with van der Waals surface area (Å²) in [5, 5.41) is 2.91. The molecule has 0 bridgehead atoms. The Kier molecular flexibility index (Phi) is 4.25. The number of nitrogens with one attached hydrogen (secondary N) is 1. The van der Waals surface area contributed by atoms with Crippen molar-refractivity contribution in [3.8, 4) is 0 Å². The summed E-state index contributed by atoms with van der Waals surface area (Å²) in [6.45, 7) is 1.95. The molecule has 1 aromatic carbocycles. The summed E-state index contributed by atoms with van der Waals surface area (Å²) in [4.78, 5) is 7.69. The molecular weight excluding hydrogens is 298 g/mol. The third-order valence-electron chi connectivity index (χ3n) is 2.67. The summed E-state index contributed by atoms with van der Waals surface area (Å²) in [5.74, 6) is 0.377. The van der Waals surface area contributed by atoms with Gasteiger partial charge in [-0.2, -0.15) is 0 Å². The molecule has 0 spiro atoms. The average Bonchev–Trinajstić information content (AvgIpc) is 2.38. The van der Waals surface area contributed by atoms with Gasteiger partial charge in [0, 0.05) is 18.4 Å². The Labute approximate surface area is 123 Å². The monoisotopic (exact) mass is 311 g/mol. The Bertz CT molecular complexity index is 705. The molecule has 7 heteroatoms. The Morgan fingerprint density at radius 1 is 1.20 bits per heavy atom. The van der Waals surface area contributed by atoms with Gasteiger partial charge in [-0.3, -0.25) is 0 Å². The second-order valence-electron chi connectivity index (χ2n) is 4.41. The van der Waals surface area contributed by atoms with Crippen LogP contribution in [0.25, 0.3) is 0 Å². The van der Waals surface area contributed by atoms with E-state index in [2.05, 4.69) is 15.3 Å². The highest BCUT2D eigenvalue weighted by atomic mass is 35.5. The number of sulfone groups is 1.